The molecule has 0 saturated carbocycles. The highest BCUT2D eigenvalue weighted by atomic mass is 32.2. The molecular weight excluding hydrogens is 604 g/mol. The fourth-order valence-electron chi connectivity index (χ4n) is 5.08. The Balaban J connectivity index is 1.46. The molecule has 240 valence electrons. The molecule has 0 aromatic heterocycles. The van der Waals surface area contributed by atoms with Crippen molar-refractivity contribution in [1.82, 2.24) is 0 Å². The molecule has 5 rings (SSSR count). The second-order valence-electron chi connectivity index (χ2n) is 10.8. The van der Waals surface area contributed by atoms with E-state index in [9.17, 15) is 14.7 Å². The van der Waals surface area contributed by atoms with Crippen molar-refractivity contribution in [2.45, 2.75) is 67.4 Å². The molecule has 1 fully saturated rings. The number of rotatable bonds is 16. The molecule has 1 N–H and O–H groups in total. The third-order valence-electron chi connectivity index (χ3n) is 7.36. The SMILES string of the molecule is O=C(O)CCC(=O)O[C@@H]1[C@@H](OCc2ccccc2)[C@H](OCc2ccccc2)[C@@H](COCc2ccccc2)O[C@H]1Sc1ccccc1. The topological polar surface area (TPSA) is 101 Å². The molecule has 0 aliphatic carbocycles. The zero-order valence-electron chi connectivity index (χ0n) is 25.4. The van der Waals surface area contributed by atoms with Gasteiger partial charge in [0.1, 0.15) is 23.7 Å². The lowest BCUT2D eigenvalue weighted by Crippen LogP contribution is -2.60. The summed E-state index contributed by atoms with van der Waals surface area (Å²) in [5.74, 6) is -1.73. The largest absolute Gasteiger partial charge is 0.481 e. The first-order valence-corrected chi connectivity index (χ1v) is 16.1. The summed E-state index contributed by atoms with van der Waals surface area (Å²) in [6.45, 7) is 1.09. The smallest absolute Gasteiger partial charge is 0.306 e. The van der Waals surface area contributed by atoms with Crippen LogP contribution in [0.25, 0.3) is 0 Å². The van der Waals surface area contributed by atoms with Crippen LogP contribution in [0.4, 0.5) is 0 Å². The van der Waals surface area contributed by atoms with Gasteiger partial charge in [-0.05, 0) is 28.8 Å². The summed E-state index contributed by atoms with van der Waals surface area (Å²) in [7, 11) is 0. The second kappa shape index (κ2) is 17.6. The third-order valence-corrected chi connectivity index (χ3v) is 8.52. The van der Waals surface area contributed by atoms with Gasteiger partial charge in [0, 0.05) is 4.90 Å². The van der Waals surface area contributed by atoms with E-state index in [4.69, 9.17) is 23.7 Å². The predicted octanol–water partition coefficient (Wildman–Crippen LogP) is 6.67. The minimum absolute atomic E-state index is 0.199. The number of ether oxygens (including phenoxy) is 5. The van der Waals surface area contributed by atoms with E-state index in [1.165, 1.54) is 11.8 Å². The number of esters is 1. The summed E-state index contributed by atoms with van der Waals surface area (Å²) in [5, 5.41) is 9.20. The van der Waals surface area contributed by atoms with Crippen LogP contribution in [0.2, 0.25) is 0 Å². The van der Waals surface area contributed by atoms with Crippen LogP contribution < -0.4 is 0 Å². The van der Waals surface area contributed by atoms with Gasteiger partial charge in [-0.15, -0.1) is 0 Å². The van der Waals surface area contributed by atoms with Crippen molar-refractivity contribution in [2.24, 2.45) is 0 Å². The summed E-state index contributed by atoms with van der Waals surface area (Å²) in [4.78, 5) is 25.2. The maximum absolute atomic E-state index is 13.1. The van der Waals surface area contributed by atoms with Gasteiger partial charge in [0.05, 0.1) is 39.3 Å². The van der Waals surface area contributed by atoms with Gasteiger partial charge in [-0.2, -0.15) is 0 Å². The lowest BCUT2D eigenvalue weighted by atomic mass is 9.98. The molecule has 0 unspecified atom stereocenters. The van der Waals surface area contributed by atoms with Gasteiger partial charge in [0.15, 0.2) is 6.10 Å². The number of aliphatic carboxylic acids is 1. The van der Waals surface area contributed by atoms with Crippen molar-refractivity contribution in [3.63, 3.8) is 0 Å². The zero-order valence-corrected chi connectivity index (χ0v) is 26.2. The summed E-state index contributed by atoms with van der Waals surface area (Å²) in [6, 6.07) is 39.1. The fraction of sp³-hybridized carbons (Fsp3) is 0.297. The average molecular weight is 643 g/mol. The maximum Gasteiger partial charge on any atom is 0.306 e. The van der Waals surface area contributed by atoms with Crippen LogP contribution in [0, 0.1) is 0 Å². The average Bonchev–Trinajstić information content (AvgIpc) is 3.09. The summed E-state index contributed by atoms with van der Waals surface area (Å²) in [6.07, 6.45) is -3.58. The first kappa shape index (κ1) is 33.4. The van der Waals surface area contributed by atoms with E-state index in [-0.39, 0.29) is 32.7 Å². The number of benzene rings is 4. The molecule has 0 amide bonds. The summed E-state index contributed by atoms with van der Waals surface area (Å²) < 4.78 is 32.1. The van der Waals surface area contributed by atoms with Crippen molar-refractivity contribution in [1.29, 1.82) is 0 Å². The van der Waals surface area contributed by atoms with Crippen LogP contribution in [0.1, 0.15) is 29.5 Å². The molecule has 1 aliphatic heterocycles. The van der Waals surface area contributed by atoms with Gasteiger partial charge >= 0.3 is 11.9 Å². The minimum Gasteiger partial charge on any atom is -0.481 e. The molecular formula is C37H38O8S. The summed E-state index contributed by atoms with van der Waals surface area (Å²) >= 11 is 1.41. The van der Waals surface area contributed by atoms with Crippen molar-refractivity contribution in [2.75, 3.05) is 6.61 Å². The molecule has 0 spiro atoms. The first-order valence-electron chi connectivity index (χ1n) is 15.3. The van der Waals surface area contributed by atoms with Gasteiger partial charge in [-0.1, -0.05) is 121 Å². The van der Waals surface area contributed by atoms with E-state index in [0.29, 0.717) is 6.61 Å². The van der Waals surface area contributed by atoms with Crippen LogP contribution in [0.15, 0.2) is 126 Å². The number of hydrogen-bond acceptors (Lipinski definition) is 8. The van der Waals surface area contributed by atoms with Gasteiger partial charge in [0.25, 0.3) is 0 Å². The fourth-order valence-corrected chi connectivity index (χ4v) is 6.20. The highest BCUT2D eigenvalue weighted by molar-refractivity contribution is 7.99. The Morgan fingerprint density at radius 2 is 1.13 bits per heavy atom. The molecule has 8 nitrogen and oxygen atoms in total. The zero-order chi connectivity index (χ0) is 32.0. The lowest BCUT2D eigenvalue weighted by molar-refractivity contribution is -0.249. The Labute approximate surface area is 273 Å². The highest BCUT2D eigenvalue weighted by Crippen LogP contribution is 2.38. The Morgan fingerprint density at radius 3 is 1.67 bits per heavy atom. The quantitative estimate of drug-likeness (QED) is 0.134. The van der Waals surface area contributed by atoms with E-state index in [1.807, 2.05) is 121 Å². The summed E-state index contributed by atoms with van der Waals surface area (Å²) in [5.41, 5.74) is 2.23. The van der Waals surface area contributed by atoms with Crippen molar-refractivity contribution in [3.8, 4) is 0 Å². The highest BCUT2D eigenvalue weighted by Gasteiger charge is 2.50. The molecule has 46 heavy (non-hydrogen) atoms. The van der Waals surface area contributed by atoms with E-state index in [2.05, 4.69) is 0 Å². The number of thioether (sulfide) groups is 1. The molecule has 9 heteroatoms. The van der Waals surface area contributed by atoms with Crippen LogP contribution in [0.3, 0.4) is 0 Å². The molecule has 4 aromatic rings. The Kier molecular flexibility index (Phi) is 12.8. The molecule has 1 aliphatic rings. The number of hydrogen-bond donors (Lipinski definition) is 1. The van der Waals surface area contributed by atoms with Gasteiger partial charge < -0.3 is 28.8 Å². The van der Waals surface area contributed by atoms with Crippen molar-refractivity contribution < 1.29 is 38.4 Å². The molecule has 0 radical (unpaired) electrons. The van der Waals surface area contributed by atoms with E-state index >= 15 is 0 Å². The van der Waals surface area contributed by atoms with Crippen LogP contribution in [-0.2, 0) is 53.1 Å². The van der Waals surface area contributed by atoms with Gasteiger partial charge in [0.2, 0.25) is 0 Å². The number of carbonyl (C=O) groups is 2. The van der Waals surface area contributed by atoms with Crippen LogP contribution >= 0.6 is 11.8 Å². The molecule has 5 atom stereocenters. The van der Waals surface area contributed by atoms with Gasteiger partial charge in [-0.25, -0.2) is 0 Å². The minimum atomic E-state index is -1.08. The number of carbonyl (C=O) groups excluding carboxylic acids is 1. The molecule has 0 bridgehead atoms. The van der Waals surface area contributed by atoms with Gasteiger partial charge in [-0.3, -0.25) is 9.59 Å². The van der Waals surface area contributed by atoms with Crippen molar-refractivity contribution in [3.05, 3.63) is 138 Å². The number of carboxylic acid groups (broad SMARTS) is 1. The first-order chi connectivity index (χ1) is 22.5. The standard InChI is InChI=1S/C37H38O8S/c38-32(39)21-22-33(40)45-36-35(43-25-29-17-9-3-10-18-29)34(42-24-28-15-7-2-8-16-28)31(26-41-23-27-13-5-1-6-14-27)44-37(36)46-30-19-11-4-12-20-30/h1-20,31,34-37H,21-26H2,(H,38,39)/t31-,34-,35+,36-,37+/m1/s1. The Morgan fingerprint density at radius 1 is 0.630 bits per heavy atom. The molecule has 4 aromatic carbocycles. The third kappa shape index (κ3) is 10.3. The van der Waals surface area contributed by atoms with E-state index in [0.717, 1.165) is 21.6 Å². The van der Waals surface area contributed by atoms with Crippen LogP contribution in [-0.4, -0.2) is 53.5 Å². The normalized spacial score (nSPS) is 21.0. The maximum atomic E-state index is 13.1. The Hall–Kier alpha value is -3.99. The van der Waals surface area contributed by atoms with Crippen LogP contribution in [0.5, 0.6) is 0 Å². The monoisotopic (exact) mass is 642 g/mol. The van der Waals surface area contributed by atoms with Crippen molar-refractivity contribution >= 4 is 23.7 Å². The lowest BCUT2D eigenvalue weighted by Gasteiger charge is -2.45. The second-order valence-corrected chi connectivity index (χ2v) is 12.0. The Bertz CT molecular complexity index is 1470. The molecule has 1 saturated heterocycles. The van der Waals surface area contributed by atoms with E-state index in [1.54, 1.807) is 0 Å². The predicted molar refractivity (Wildman–Crippen MR) is 174 cm³/mol. The van der Waals surface area contributed by atoms with E-state index < -0.39 is 41.8 Å². The molecule has 1 heterocycles. The number of carboxylic acids is 1.